The van der Waals surface area contributed by atoms with Crippen molar-refractivity contribution in [2.75, 3.05) is 18.4 Å². The van der Waals surface area contributed by atoms with Crippen LogP contribution in [0.5, 0.6) is 0 Å². The number of carbonyl (C=O) groups is 4. The van der Waals surface area contributed by atoms with E-state index in [1.807, 2.05) is 29.6 Å². The highest BCUT2D eigenvalue weighted by molar-refractivity contribution is 6.28. The molecule has 34 heavy (non-hydrogen) atoms. The first-order valence-electron chi connectivity index (χ1n) is 11.2. The number of alkyl halides is 2. The number of amides is 4. The fourth-order valence-electron chi connectivity index (χ4n) is 3.73. The first-order valence-corrected chi connectivity index (χ1v) is 12.3. The van der Waals surface area contributed by atoms with Crippen LogP contribution in [0, 0.1) is 5.92 Å². The van der Waals surface area contributed by atoms with E-state index < -0.39 is 30.1 Å². The monoisotopic (exact) mass is 512 g/mol. The topological polar surface area (TPSA) is 111 Å². The molecule has 2 rings (SSSR count). The van der Waals surface area contributed by atoms with Gasteiger partial charge in [0.1, 0.15) is 17.9 Å². The summed E-state index contributed by atoms with van der Waals surface area (Å²) < 4.78 is 10.5. The second-order valence-corrected chi connectivity index (χ2v) is 8.50. The number of benzene rings is 1. The predicted octanol–water partition coefficient (Wildman–Crippen LogP) is 4.48. The van der Waals surface area contributed by atoms with Crippen LogP contribution in [0.4, 0.5) is 9.59 Å². The molecule has 2 N–H and O–H groups in total. The van der Waals surface area contributed by atoms with Crippen LogP contribution >= 0.6 is 23.2 Å². The standard InChI is InChI=1S/C24H30Cl2N2O6/c25-14-21(29)27-23(31)33-16-19-11-12-20(34-24(32)28-22(30)15-26)13-18(19)10-6-2-5-9-17-7-3-1-4-8-17/h1,3-4,7-8,13,19-20H,2,5-6,9-12,14-16H2,(H,27,29,31)(H,28,30,32)/t19-,20-/m0/s1. The van der Waals surface area contributed by atoms with Crippen LogP contribution < -0.4 is 10.6 Å². The Balaban J connectivity index is 1.91. The van der Waals surface area contributed by atoms with E-state index in [2.05, 4.69) is 17.4 Å². The fourth-order valence-corrected chi connectivity index (χ4v) is 3.87. The van der Waals surface area contributed by atoms with E-state index in [0.717, 1.165) is 37.7 Å². The summed E-state index contributed by atoms with van der Waals surface area (Å²) in [5.74, 6) is -1.99. The van der Waals surface area contributed by atoms with Gasteiger partial charge in [0, 0.05) is 5.92 Å². The molecule has 1 aliphatic rings. The summed E-state index contributed by atoms with van der Waals surface area (Å²) in [6.45, 7) is 0.0981. The van der Waals surface area contributed by atoms with Crippen LogP contribution in [0.15, 0.2) is 42.0 Å². The number of halogens is 2. The molecule has 0 aliphatic heterocycles. The molecule has 0 heterocycles. The molecule has 4 amide bonds. The molecule has 2 atom stereocenters. The van der Waals surface area contributed by atoms with E-state index in [1.54, 1.807) is 0 Å². The molecular weight excluding hydrogens is 483 g/mol. The zero-order valence-corrected chi connectivity index (χ0v) is 20.4. The lowest BCUT2D eigenvalue weighted by Crippen LogP contribution is -2.36. The first-order chi connectivity index (χ1) is 16.4. The molecule has 0 fully saturated rings. The number of ether oxygens (including phenoxy) is 2. The summed E-state index contributed by atoms with van der Waals surface area (Å²) in [7, 11) is 0. The highest BCUT2D eigenvalue weighted by Gasteiger charge is 2.26. The molecule has 1 aromatic carbocycles. The number of aryl methyl sites for hydroxylation is 1. The average Bonchev–Trinajstić information content (AvgIpc) is 2.83. The minimum atomic E-state index is -0.845. The molecule has 1 aliphatic carbocycles. The summed E-state index contributed by atoms with van der Waals surface area (Å²) in [6.07, 6.45) is 5.56. The van der Waals surface area contributed by atoms with Crippen molar-refractivity contribution in [3.8, 4) is 0 Å². The van der Waals surface area contributed by atoms with Gasteiger partial charge < -0.3 is 9.47 Å². The van der Waals surface area contributed by atoms with Crippen molar-refractivity contribution in [1.29, 1.82) is 0 Å². The minimum absolute atomic E-state index is 0.0571. The van der Waals surface area contributed by atoms with Gasteiger partial charge in [-0.3, -0.25) is 20.2 Å². The van der Waals surface area contributed by atoms with Crippen LogP contribution in [-0.2, 0) is 25.5 Å². The van der Waals surface area contributed by atoms with Gasteiger partial charge >= 0.3 is 12.2 Å². The van der Waals surface area contributed by atoms with E-state index in [0.29, 0.717) is 12.8 Å². The number of hydrogen-bond donors (Lipinski definition) is 2. The van der Waals surface area contributed by atoms with Crippen molar-refractivity contribution >= 4 is 47.2 Å². The summed E-state index contributed by atoms with van der Waals surface area (Å²) in [4.78, 5) is 46.2. The molecule has 0 saturated heterocycles. The van der Waals surface area contributed by atoms with Crippen LogP contribution in [0.3, 0.4) is 0 Å². The van der Waals surface area contributed by atoms with Crippen LogP contribution in [0.25, 0.3) is 0 Å². The van der Waals surface area contributed by atoms with Crippen LogP contribution in [0.2, 0.25) is 0 Å². The lowest BCUT2D eigenvalue weighted by atomic mass is 9.84. The maximum Gasteiger partial charge on any atom is 0.414 e. The molecular formula is C24H30Cl2N2O6. The maximum atomic E-state index is 11.9. The Hall–Kier alpha value is -2.58. The molecule has 0 aromatic heterocycles. The normalized spacial score (nSPS) is 17.3. The molecule has 0 saturated carbocycles. The molecule has 0 bridgehead atoms. The molecule has 0 unspecified atom stereocenters. The fraction of sp³-hybridized carbons (Fsp3) is 0.500. The van der Waals surface area contributed by atoms with Crippen molar-refractivity contribution in [2.45, 2.75) is 51.0 Å². The highest BCUT2D eigenvalue weighted by atomic mass is 35.5. The van der Waals surface area contributed by atoms with Gasteiger partial charge in [-0.25, -0.2) is 9.59 Å². The minimum Gasteiger partial charge on any atom is -0.449 e. The highest BCUT2D eigenvalue weighted by Crippen LogP contribution is 2.31. The first kappa shape index (κ1) is 27.7. The SMILES string of the molecule is O=C(CCl)NC(=O)OC[C@@H]1CC[C@H](OC(=O)NC(=O)CCl)C=C1CCCCCc1ccccc1. The Kier molecular flexibility index (Phi) is 12.5. The van der Waals surface area contributed by atoms with Crippen molar-refractivity contribution in [3.05, 3.63) is 47.5 Å². The van der Waals surface area contributed by atoms with Crippen LogP contribution in [-0.4, -0.2) is 48.5 Å². The maximum absolute atomic E-state index is 11.9. The van der Waals surface area contributed by atoms with E-state index in [4.69, 9.17) is 32.7 Å². The third-order valence-electron chi connectivity index (χ3n) is 5.40. The largest absolute Gasteiger partial charge is 0.449 e. The number of nitrogens with one attached hydrogen (secondary N) is 2. The summed E-state index contributed by atoms with van der Waals surface area (Å²) in [5.41, 5.74) is 2.32. The van der Waals surface area contributed by atoms with Gasteiger partial charge in [-0.15, -0.1) is 23.2 Å². The molecule has 0 spiro atoms. The third-order valence-corrected chi connectivity index (χ3v) is 5.88. The zero-order chi connectivity index (χ0) is 24.8. The Bertz CT molecular complexity index is 862. The third kappa shape index (κ3) is 10.6. The van der Waals surface area contributed by atoms with Gasteiger partial charge in [0.2, 0.25) is 11.8 Å². The van der Waals surface area contributed by atoms with E-state index in [-0.39, 0.29) is 24.3 Å². The number of carbonyl (C=O) groups excluding carboxylic acids is 4. The zero-order valence-electron chi connectivity index (χ0n) is 18.9. The number of unbranched alkanes of at least 4 members (excludes halogenated alkanes) is 2. The van der Waals surface area contributed by atoms with Gasteiger partial charge in [0.25, 0.3) is 0 Å². The summed E-state index contributed by atoms with van der Waals surface area (Å²) in [5, 5.41) is 4.11. The Morgan fingerprint density at radius 1 is 0.853 bits per heavy atom. The van der Waals surface area contributed by atoms with E-state index >= 15 is 0 Å². The van der Waals surface area contributed by atoms with E-state index in [9.17, 15) is 19.2 Å². The molecule has 1 aromatic rings. The average molecular weight is 513 g/mol. The van der Waals surface area contributed by atoms with E-state index in [1.165, 1.54) is 5.56 Å². The van der Waals surface area contributed by atoms with Crippen molar-refractivity contribution in [2.24, 2.45) is 5.92 Å². The smallest absolute Gasteiger partial charge is 0.414 e. The van der Waals surface area contributed by atoms with Gasteiger partial charge in [0.15, 0.2) is 0 Å². The number of rotatable bonds is 11. The lowest BCUT2D eigenvalue weighted by molar-refractivity contribution is -0.119. The van der Waals surface area contributed by atoms with Gasteiger partial charge in [-0.05, 0) is 50.2 Å². The van der Waals surface area contributed by atoms with Crippen LogP contribution in [0.1, 0.15) is 44.1 Å². The lowest BCUT2D eigenvalue weighted by Gasteiger charge is -2.28. The van der Waals surface area contributed by atoms with Gasteiger partial charge in [-0.2, -0.15) is 0 Å². The van der Waals surface area contributed by atoms with Gasteiger partial charge in [-0.1, -0.05) is 42.3 Å². The number of alkyl carbamates (subject to hydrolysis) is 2. The quantitative estimate of drug-likeness (QED) is 0.257. The second kappa shape index (κ2) is 15.3. The number of imide groups is 2. The second-order valence-electron chi connectivity index (χ2n) is 7.97. The number of hydrogen-bond acceptors (Lipinski definition) is 6. The Morgan fingerprint density at radius 2 is 1.50 bits per heavy atom. The predicted molar refractivity (Wildman–Crippen MR) is 129 cm³/mol. The van der Waals surface area contributed by atoms with Gasteiger partial charge in [0.05, 0.1) is 6.61 Å². The summed E-state index contributed by atoms with van der Waals surface area (Å²) >= 11 is 10.8. The molecule has 10 heteroatoms. The van der Waals surface area contributed by atoms with Crippen molar-refractivity contribution < 1.29 is 28.7 Å². The Morgan fingerprint density at radius 3 is 2.18 bits per heavy atom. The Labute approximate surface area is 209 Å². The molecule has 186 valence electrons. The molecule has 8 nitrogen and oxygen atoms in total. The van der Waals surface area contributed by atoms with Crippen molar-refractivity contribution in [3.63, 3.8) is 0 Å². The summed E-state index contributed by atoms with van der Waals surface area (Å²) in [6, 6.07) is 10.3. The van der Waals surface area contributed by atoms with Crippen molar-refractivity contribution in [1.82, 2.24) is 10.6 Å². The molecule has 0 radical (unpaired) electrons.